The lowest BCUT2D eigenvalue weighted by molar-refractivity contribution is 0.822. The van der Waals surface area contributed by atoms with Crippen molar-refractivity contribution in [2.45, 2.75) is 20.3 Å². The maximum atomic E-state index is 8.51. The number of nitriles is 1. The fourth-order valence-corrected chi connectivity index (χ4v) is 1.30. The first-order chi connectivity index (χ1) is 5.16. The molecule has 0 aromatic carbocycles. The molecule has 0 aliphatic rings. The van der Waals surface area contributed by atoms with Gasteiger partial charge < -0.3 is 4.57 Å². The number of aromatic nitrogens is 1. The summed E-state index contributed by atoms with van der Waals surface area (Å²) in [5, 5.41) is 8.51. The quantitative estimate of drug-likeness (QED) is 0.596. The lowest BCUT2D eigenvalue weighted by Gasteiger charge is -2.00. The van der Waals surface area contributed by atoms with Crippen molar-refractivity contribution in [2.75, 3.05) is 0 Å². The Hall–Kier alpha value is -1.23. The van der Waals surface area contributed by atoms with Crippen molar-refractivity contribution in [2.24, 2.45) is 7.05 Å². The van der Waals surface area contributed by atoms with Crippen molar-refractivity contribution in [3.8, 4) is 6.07 Å². The van der Waals surface area contributed by atoms with Gasteiger partial charge in [-0.3, -0.25) is 0 Å². The molecule has 0 radical (unpaired) electrons. The summed E-state index contributed by atoms with van der Waals surface area (Å²) in [6, 6.07) is 4.26. The van der Waals surface area contributed by atoms with Gasteiger partial charge in [-0.2, -0.15) is 5.26 Å². The van der Waals surface area contributed by atoms with Crippen LogP contribution in [-0.2, 0) is 13.5 Å². The Morgan fingerprint density at radius 2 is 2.18 bits per heavy atom. The first-order valence-electron chi connectivity index (χ1n) is 3.65. The Bertz CT molecular complexity index is 302. The van der Waals surface area contributed by atoms with Crippen LogP contribution in [0.5, 0.6) is 0 Å². The largest absolute Gasteiger partial charge is 0.351 e. The van der Waals surface area contributed by atoms with Crippen LogP contribution in [0, 0.1) is 25.2 Å². The predicted molar refractivity (Wildman–Crippen MR) is 44.2 cm³/mol. The number of hydrogen-bond acceptors (Lipinski definition) is 1. The van der Waals surface area contributed by atoms with Crippen LogP contribution in [0.4, 0.5) is 0 Å². The van der Waals surface area contributed by atoms with E-state index in [2.05, 4.69) is 16.7 Å². The second-order valence-electron chi connectivity index (χ2n) is 2.81. The average molecular weight is 148 g/mol. The van der Waals surface area contributed by atoms with Gasteiger partial charge in [0.2, 0.25) is 0 Å². The molecule has 11 heavy (non-hydrogen) atoms. The summed E-state index contributed by atoms with van der Waals surface area (Å²) < 4.78 is 2.07. The molecule has 0 unspecified atom stereocenters. The van der Waals surface area contributed by atoms with Crippen LogP contribution in [0.1, 0.15) is 17.0 Å². The van der Waals surface area contributed by atoms with E-state index in [4.69, 9.17) is 5.26 Å². The topological polar surface area (TPSA) is 28.7 Å². The Labute approximate surface area is 67.1 Å². The fourth-order valence-electron chi connectivity index (χ4n) is 1.30. The van der Waals surface area contributed by atoms with E-state index < -0.39 is 0 Å². The molecule has 2 nitrogen and oxygen atoms in total. The van der Waals surface area contributed by atoms with Gasteiger partial charge >= 0.3 is 0 Å². The van der Waals surface area contributed by atoms with Gasteiger partial charge in [-0.05, 0) is 25.5 Å². The molecule has 1 heterocycles. The minimum Gasteiger partial charge on any atom is -0.351 e. The summed E-state index contributed by atoms with van der Waals surface area (Å²) in [4.78, 5) is 0. The second-order valence-corrected chi connectivity index (χ2v) is 2.81. The highest BCUT2D eigenvalue weighted by atomic mass is 14.9. The summed E-state index contributed by atoms with van der Waals surface area (Å²) in [5.41, 5.74) is 3.56. The highest BCUT2D eigenvalue weighted by molar-refractivity contribution is 5.27. The molecule has 0 fully saturated rings. The average Bonchev–Trinajstić information content (AvgIpc) is 2.17. The van der Waals surface area contributed by atoms with Crippen LogP contribution < -0.4 is 0 Å². The van der Waals surface area contributed by atoms with E-state index >= 15 is 0 Å². The minimum atomic E-state index is 0.510. The third-order valence-electron chi connectivity index (χ3n) is 2.06. The number of aryl methyl sites for hydroxylation is 2. The van der Waals surface area contributed by atoms with Crippen molar-refractivity contribution < 1.29 is 0 Å². The predicted octanol–water partition coefficient (Wildman–Crippen LogP) is 1.71. The molecule has 1 rings (SSSR count). The summed E-state index contributed by atoms with van der Waals surface area (Å²) in [6.45, 7) is 4.09. The fraction of sp³-hybridized carbons (Fsp3) is 0.444. The summed E-state index contributed by atoms with van der Waals surface area (Å²) in [6.07, 6.45) is 0.510. The van der Waals surface area contributed by atoms with Crippen molar-refractivity contribution in [1.29, 1.82) is 5.26 Å². The molecule has 0 amide bonds. The van der Waals surface area contributed by atoms with E-state index in [9.17, 15) is 0 Å². The van der Waals surface area contributed by atoms with Gasteiger partial charge in [-0.15, -0.1) is 0 Å². The lowest BCUT2D eigenvalue weighted by Crippen LogP contribution is -1.97. The highest BCUT2D eigenvalue weighted by Crippen LogP contribution is 2.12. The SMILES string of the molecule is Cc1cc(C)n(C)c1CC#N. The van der Waals surface area contributed by atoms with Crippen molar-refractivity contribution in [3.63, 3.8) is 0 Å². The van der Waals surface area contributed by atoms with Crippen LogP contribution in [0.2, 0.25) is 0 Å². The first kappa shape index (κ1) is 7.87. The molecule has 0 N–H and O–H groups in total. The Balaban J connectivity index is 3.14. The van der Waals surface area contributed by atoms with Crippen LogP contribution in [0.3, 0.4) is 0 Å². The van der Waals surface area contributed by atoms with Crippen molar-refractivity contribution >= 4 is 0 Å². The molecule has 0 aliphatic carbocycles. The van der Waals surface area contributed by atoms with Crippen molar-refractivity contribution in [3.05, 3.63) is 23.0 Å². The molecule has 58 valence electrons. The zero-order chi connectivity index (χ0) is 8.43. The van der Waals surface area contributed by atoms with E-state index in [1.54, 1.807) is 0 Å². The third kappa shape index (κ3) is 1.27. The van der Waals surface area contributed by atoms with Gasteiger partial charge in [0, 0.05) is 18.4 Å². The molecule has 0 atom stereocenters. The number of hydrogen-bond donors (Lipinski definition) is 0. The number of rotatable bonds is 1. The van der Waals surface area contributed by atoms with Gasteiger partial charge in [-0.25, -0.2) is 0 Å². The molecular formula is C9H12N2. The maximum Gasteiger partial charge on any atom is 0.0757 e. The van der Waals surface area contributed by atoms with E-state index in [0.29, 0.717) is 6.42 Å². The van der Waals surface area contributed by atoms with E-state index in [0.717, 1.165) is 5.69 Å². The molecule has 1 aromatic heterocycles. The van der Waals surface area contributed by atoms with E-state index in [1.165, 1.54) is 11.3 Å². The molecule has 2 heteroatoms. The summed E-state index contributed by atoms with van der Waals surface area (Å²) in [5.74, 6) is 0. The van der Waals surface area contributed by atoms with Crippen LogP contribution in [0.15, 0.2) is 6.07 Å². The van der Waals surface area contributed by atoms with Gasteiger partial charge in [-0.1, -0.05) is 0 Å². The minimum absolute atomic E-state index is 0.510. The molecule has 0 aliphatic heterocycles. The Kier molecular flexibility index (Phi) is 2.00. The van der Waals surface area contributed by atoms with Crippen LogP contribution in [0.25, 0.3) is 0 Å². The van der Waals surface area contributed by atoms with Crippen LogP contribution in [-0.4, -0.2) is 4.57 Å². The lowest BCUT2D eigenvalue weighted by atomic mass is 10.2. The molecular weight excluding hydrogens is 136 g/mol. The van der Waals surface area contributed by atoms with Gasteiger partial charge in [0.1, 0.15) is 0 Å². The highest BCUT2D eigenvalue weighted by Gasteiger charge is 2.04. The van der Waals surface area contributed by atoms with E-state index in [-0.39, 0.29) is 0 Å². The molecule has 0 saturated carbocycles. The van der Waals surface area contributed by atoms with Crippen molar-refractivity contribution in [1.82, 2.24) is 4.57 Å². The smallest absolute Gasteiger partial charge is 0.0757 e. The zero-order valence-corrected chi connectivity index (χ0v) is 7.18. The van der Waals surface area contributed by atoms with Crippen LogP contribution >= 0.6 is 0 Å². The monoisotopic (exact) mass is 148 g/mol. The summed E-state index contributed by atoms with van der Waals surface area (Å²) >= 11 is 0. The first-order valence-corrected chi connectivity index (χ1v) is 3.65. The second kappa shape index (κ2) is 2.79. The third-order valence-corrected chi connectivity index (χ3v) is 2.06. The molecule has 0 saturated heterocycles. The van der Waals surface area contributed by atoms with E-state index in [1.807, 2.05) is 20.9 Å². The Morgan fingerprint density at radius 3 is 2.55 bits per heavy atom. The van der Waals surface area contributed by atoms with Gasteiger partial charge in [0.05, 0.1) is 12.5 Å². The summed E-state index contributed by atoms with van der Waals surface area (Å²) in [7, 11) is 2.00. The maximum absolute atomic E-state index is 8.51. The van der Waals surface area contributed by atoms with Gasteiger partial charge in [0.25, 0.3) is 0 Å². The molecule has 0 bridgehead atoms. The Morgan fingerprint density at radius 1 is 1.55 bits per heavy atom. The zero-order valence-electron chi connectivity index (χ0n) is 7.18. The number of nitrogens with zero attached hydrogens (tertiary/aromatic N) is 2. The standard InChI is InChI=1S/C9H12N2/c1-7-6-8(2)11(3)9(7)4-5-10/h6H,4H2,1-3H3. The molecule has 0 spiro atoms. The molecule has 1 aromatic rings. The van der Waals surface area contributed by atoms with Gasteiger partial charge in [0.15, 0.2) is 0 Å². The normalized spacial score (nSPS) is 9.64.